The van der Waals surface area contributed by atoms with Gasteiger partial charge >= 0.3 is 0 Å². The molecule has 0 saturated heterocycles. The minimum absolute atomic E-state index is 0. The smallest absolute Gasteiger partial charge is 0.0566 e. The molecule has 0 amide bonds. The number of alkyl halides is 4. The minimum Gasteiger partial charge on any atom is -0.395 e. The minimum atomic E-state index is 0. The van der Waals surface area contributed by atoms with Gasteiger partial charge in [0.15, 0.2) is 0 Å². The monoisotopic (exact) mass is 500 g/mol. The molecule has 0 saturated carbocycles. The third kappa shape index (κ3) is 129. The van der Waals surface area contributed by atoms with E-state index < -0.39 is 0 Å². The number of halogens is 4. The van der Waals surface area contributed by atoms with Crippen molar-refractivity contribution in [2.24, 2.45) is 0 Å². The predicted octanol–water partition coefficient (Wildman–Crippen LogP) is 0.865. The van der Waals surface area contributed by atoms with Crippen LogP contribution in [0.2, 0.25) is 0 Å². The van der Waals surface area contributed by atoms with Crippen LogP contribution in [-0.2, 0) is 52.4 Å². The maximum atomic E-state index is 7.74. The molecule has 0 rings (SSSR count). The Kier molecular flexibility index (Phi) is 124. The normalized spacial score (nSPS) is 6.67. The van der Waals surface area contributed by atoms with Gasteiger partial charge in [0.2, 0.25) is 0 Å². The van der Waals surface area contributed by atoms with E-state index in [9.17, 15) is 0 Å². The molecule has 0 aliphatic heterocycles. The topological polar surface area (TPSA) is 80.9 Å². The predicted molar refractivity (Wildman–Crippen MR) is 71.2 cm³/mol. The molecule has 18 heavy (non-hydrogen) atoms. The Morgan fingerprint density at radius 3 is 0.500 bits per heavy atom. The quantitative estimate of drug-likeness (QED) is 0.429. The van der Waals surface area contributed by atoms with Crippen molar-refractivity contribution in [3.8, 4) is 0 Å². The average Bonchev–Trinajstić information content (AvgIpc) is 2.39. The summed E-state index contributed by atoms with van der Waals surface area (Å²) in [4.78, 5) is 0. The Morgan fingerprint density at radius 2 is 0.500 bits per heavy atom. The fourth-order valence-corrected chi connectivity index (χ4v) is 0. The van der Waals surface area contributed by atoms with Crippen molar-refractivity contribution in [3.05, 3.63) is 0 Å². The van der Waals surface area contributed by atoms with Gasteiger partial charge in [0.05, 0.1) is 26.4 Å². The maximum Gasteiger partial charge on any atom is 0.0566 e. The van der Waals surface area contributed by atoms with Crippen molar-refractivity contribution in [1.82, 2.24) is 0 Å². The van der Waals surface area contributed by atoms with Crippen molar-refractivity contribution >= 4 is 46.4 Å². The van der Waals surface area contributed by atoms with Gasteiger partial charge < -0.3 is 20.4 Å². The Balaban J connectivity index is -0.0000000257. The van der Waals surface area contributed by atoms with Crippen LogP contribution in [0.1, 0.15) is 0 Å². The number of hydrogen-bond donors (Lipinski definition) is 4. The molecular weight excluding hydrogens is 484 g/mol. The Hall–Kier alpha value is 2.77. The molecule has 0 aromatic carbocycles. The van der Waals surface area contributed by atoms with E-state index in [0.717, 1.165) is 0 Å². The van der Waals surface area contributed by atoms with Crippen LogP contribution in [0.25, 0.3) is 0 Å². The first-order valence-corrected chi connectivity index (χ1v) is 6.47. The molecule has 0 aromatic heterocycles. The molecule has 0 aliphatic carbocycles. The molecule has 4 N–H and O–H groups in total. The van der Waals surface area contributed by atoms with Crippen LogP contribution >= 0.6 is 46.4 Å². The molecule has 0 aromatic rings. The van der Waals surface area contributed by atoms with E-state index in [0.29, 0.717) is 23.5 Å². The molecule has 112 valence electrons. The molecule has 0 spiro atoms. The van der Waals surface area contributed by atoms with Gasteiger partial charge in [-0.05, 0) is 0 Å². The van der Waals surface area contributed by atoms with E-state index in [2.05, 4.69) is 0 Å². The first-order valence-electron chi connectivity index (χ1n) is 4.33. The molecule has 10 heteroatoms. The summed E-state index contributed by atoms with van der Waals surface area (Å²) < 4.78 is 0. The molecule has 0 unspecified atom stereocenters. The van der Waals surface area contributed by atoms with Gasteiger partial charge in [0.25, 0.3) is 0 Å². The first kappa shape index (κ1) is 37.2. The van der Waals surface area contributed by atoms with E-state index in [1.807, 2.05) is 0 Å². The van der Waals surface area contributed by atoms with Gasteiger partial charge in [0, 0.05) is 75.9 Å². The van der Waals surface area contributed by atoms with Crippen molar-refractivity contribution in [1.29, 1.82) is 0 Å². The molecule has 0 radical (unpaired) electrons. The summed E-state index contributed by atoms with van der Waals surface area (Å²) in [6, 6.07) is 0. The zero-order chi connectivity index (χ0) is 13.7. The van der Waals surface area contributed by atoms with E-state index in [-0.39, 0.29) is 78.8 Å². The summed E-state index contributed by atoms with van der Waals surface area (Å²) in [5, 5.41) is 31.0. The molecule has 0 aliphatic rings. The second-order valence-corrected chi connectivity index (χ2v) is 3.16. The maximum absolute atomic E-state index is 7.74. The fraction of sp³-hybridized carbons (Fsp3) is 1.00. The van der Waals surface area contributed by atoms with E-state index in [1.54, 1.807) is 0 Å². The zero-order valence-corrected chi connectivity index (χ0v) is 17.9. The van der Waals surface area contributed by atoms with Crippen LogP contribution in [-0.4, -0.2) is 70.4 Å². The standard InChI is InChI=1S/4C2H5ClO.2Zr/c4*3-1-2-4;;/h4*4H,1-2H2;;. The molecule has 0 bridgehead atoms. The summed E-state index contributed by atoms with van der Waals surface area (Å²) in [6.45, 7) is 0.340. The van der Waals surface area contributed by atoms with Gasteiger partial charge in [-0.2, -0.15) is 0 Å². The summed E-state index contributed by atoms with van der Waals surface area (Å²) in [5.41, 5.74) is 0. The molecule has 0 fully saturated rings. The van der Waals surface area contributed by atoms with Crippen LogP contribution in [0.3, 0.4) is 0 Å². The van der Waals surface area contributed by atoms with Crippen LogP contribution < -0.4 is 0 Å². The fourth-order valence-electron chi connectivity index (χ4n) is 0. The van der Waals surface area contributed by atoms with E-state index >= 15 is 0 Å². The number of aliphatic hydroxyl groups is 4. The van der Waals surface area contributed by atoms with Crippen molar-refractivity contribution in [3.63, 3.8) is 0 Å². The van der Waals surface area contributed by atoms with Crippen LogP contribution in [0.4, 0.5) is 0 Å². The zero-order valence-electron chi connectivity index (χ0n) is 9.96. The average molecular weight is 505 g/mol. The number of rotatable bonds is 4. The summed E-state index contributed by atoms with van der Waals surface area (Å²) >= 11 is 19.7. The first-order chi connectivity index (χ1) is 7.66. The van der Waals surface area contributed by atoms with E-state index in [1.165, 1.54) is 0 Å². The Labute approximate surface area is 167 Å². The van der Waals surface area contributed by atoms with Gasteiger partial charge in [-0.25, -0.2) is 0 Å². The van der Waals surface area contributed by atoms with Crippen LogP contribution in [0.15, 0.2) is 0 Å². The van der Waals surface area contributed by atoms with Crippen LogP contribution in [0.5, 0.6) is 0 Å². The van der Waals surface area contributed by atoms with Gasteiger partial charge in [-0.3, -0.25) is 0 Å². The van der Waals surface area contributed by atoms with E-state index in [4.69, 9.17) is 66.8 Å². The third-order valence-corrected chi connectivity index (χ3v) is 1.01. The second-order valence-electron chi connectivity index (χ2n) is 1.65. The Morgan fingerprint density at radius 1 is 0.444 bits per heavy atom. The molecule has 0 heterocycles. The number of aliphatic hydroxyl groups excluding tert-OH is 4. The number of hydrogen-bond acceptors (Lipinski definition) is 4. The molecular formula is C8H20Cl4O4Zr2. The van der Waals surface area contributed by atoms with Crippen molar-refractivity contribution in [2.45, 2.75) is 0 Å². The summed E-state index contributed by atoms with van der Waals surface area (Å²) in [5.74, 6) is 1.39. The van der Waals surface area contributed by atoms with Crippen molar-refractivity contribution in [2.75, 3.05) is 49.9 Å². The summed E-state index contributed by atoms with van der Waals surface area (Å²) in [6.07, 6.45) is 0. The summed E-state index contributed by atoms with van der Waals surface area (Å²) in [7, 11) is 0. The third-order valence-electron chi connectivity index (χ3n) is 0.338. The van der Waals surface area contributed by atoms with Gasteiger partial charge in [-0.1, -0.05) is 0 Å². The largest absolute Gasteiger partial charge is 0.395 e. The second kappa shape index (κ2) is 60.1. The van der Waals surface area contributed by atoms with Crippen molar-refractivity contribution < 1.29 is 72.8 Å². The Bertz CT molecular complexity index is 57.1. The molecule has 0 atom stereocenters. The van der Waals surface area contributed by atoms with Gasteiger partial charge in [0.1, 0.15) is 0 Å². The SMILES string of the molecule is OCCCl.OCCCl.OCCCl.OCCCl.[Zr].[Zr]. The molecule has 4 nitrogen and oxygen atoms in total. The van der Waals surface area contributed by atoms with Gasteiger partial charge in [-0.15, -0.1) is 46.4 Å². The van der Waals surface area contributed by atoms with Crippen LogP contribution in [0, 0.1) is 0 Å².